The van der Waals surface area contributed by atoms with Crippen LogP contribution in [0.3, 0.4) is 0 Å². The van der Waals surface area contributed by atoms with Crippen LogP contribution in [0.25, 0.3) is 0 Å². The first kappa shape index (κ1) is 8.87. The monoisotopic (exact) mass is 165 g/mol. The van der Waals surface area contributed by atoms with Crippen molar-refractivity contribution in [1.82, 2.24) is 4.90 Å². The van der Waals surface area contributed by atoms with Crippen LogP contribution < -0.4 is 0 Å². The van der Waals surface area contributed by atoms with Gasteiger partial charge in [-0.25, -0.2) is 8.78 Å². The van der Waals surface area contributed by atoms with Crippen LogP contribution in [0.4, 0.5) is 8.78 Å². The molecule has 1 rings (SSSR count). The molecule has 4 heteroatoms. The normalized spacial score (nSPS) is 22.9. The SMILES string of the molecule is OC1CCN(CC(F)F)CC1. The maximum atomic E-state index is 11.8. The van der Waals surface area contributed by atoms with E-state index >= 15 is 0 Å². The molecule has 1 N–H and O–H groups in total. The molecule has 66 valence electrons. The van der Waals surface area contributed by atoms with Crippen LogP contribution in [-0.2, 0) is 0 Å². The molecular formula is C7H13F2NO. The zero-order valence-corrected chi connectivity index (χ0v) is 6.34. The second-order valence-corrected chi connectivity index (χ2v) is 2.92. The average Bonchev–Trinajstić information content (AvgIpc) is 1.93. The predicted molar refractivity (Wildman–Crippen MR) is 37.7 cm³/mol. The number of aliphatic hydroxyl groups is 1. The van der Waals surface area contributed by atoms with Gasteiger partial charge in [-0.3, -0.25) is 4.90 Å². The minimum absolute atomic E-state index is 0.146. The molecule has 0 spiro atoms. The maximum absolute atomic E-state index is 11.8. The quantitative estimate of drug-likeness (QED) is 0.651. The number of hydrogen-bond donors (Lipinski definition) is 1. The standard InChI is InChI=1S/C7H13F2NO/c8-7(9)5-10-3-1-6(11)2-4-10/h6-7,11H,1-5H2. The fraction of sp³-hybridized carbons (Fsp3) is 1.00. The number of piperidine rings is 1. The van der Waals surface area contributed by atoms with Crippen LogP contribution >= 0.6 is 0 Å². The molecule has 0 unspecified atom stereocenters. The molecule has 11 heavy (non-hydrogen) atoms. The van der Waals surface area contributed by atoms with Crippen molar-refractivity contribution in [2.45, 2.75) is 25.4 Å². The summed E-state index contributed by atoms with van der Waals surface area (Å²) in [6.07, 6.45) is -1.26. The molecule has 1 aliphatic heterocycles. The van der Waals surface area contributed by atoms with E-state index in [4.69, 9.17) is 5.11 Å². The summed E-state index contributed by atoms with van der Waals surface area (Å²) in [4.78, 5) is 1.69. The van der Waals surface area contributed by atoms with Gasteiger partial charge in [0.15, 0.2) is 0 Å². The Kier molecular flexibility index (Phi) is 3.20. The first-order valence-corrected chi connectivity index (χ1v) is 3.87. The highest BCUT2D eigenvalue weighted by Crippen LogP contribution is 2.10. The van der Waals surface area contributed by atoms with Gasteiger partial charge in [-0.2, -0.15) is 0 Å². The van der Waals surface area contributed by atoms with E-state index in [2.05, 4.69) is 0 Å². The zero-order chi connectivity index (χ0) is 8.27. The number of halogens is 2. The van der Waals surface area contributed by atoms with Crippen LogP contribution in [-0.4, -0.2) is 42.2 Å². The minimum atomic E-state index is -2.25. The molecule has 0 amide bonds. The van der Waals surface area contributed by atoms with Gasteiger partial charge >= 0.3 is 0 Å². The van der Waals surface area contributed by atoms with Crippen molar-refractivity contribution in [1.29, 1.82) is 0 Å². The smallest absolute Gasteiger partial charge is 0.251 e. The van der Waals surface area contributed by atoms with E-state index in [0.717, 1.165) is 0 Å². The highest BCUT2D eigenvalue weighted by atomic mass is 19.3. The topological polar surface area (TPSA) is 23.5 Å². The molecule has 0 bridgehead atoms. The Hall–Kier alpha value is -0.220. The number of nitrogens with zero attached hydrogens (tertiary/aromatic N) is 1. The Morgan fingerprint density at radius 1 is 1.36 bits per heavy atom. The van der Waals surface area contributed by atoms with E-state index in [0.29, 0.717) is 25.9 Å². The van der Waals surface area contributed by atoms with E-state index in [-0.39, 0.29) is 12.6 Å². The molecule has 0 aromatic rings. The van der Waals surface area contributed by atoms with Gasteiger partial charge in [0.25, 0.3) is 6.43 Å². The summed E-state index contributed by atoms with van der Waals surface area (Å²) in [5.41, 5.74) is 0. The lowest BCUT2D eigenvalue weighted by Gasteiger charge is -2.28. The Morgan fingerprint density at radius 3 is 2.36 bits per heavy atom. The Labute approximate surface area is 64.8 Å². The highest BCUT2D eigenvalue weighted by Gasteiger charge is 2.19. The van der Waals surface area contributed by atoms with Crippen molar-refractivity contribution in [3.05, 3.63) is 0 Å². The molecule has 0 atom stereocenters. The summed E-state index contributed by atoms with van der Waals surface area (Å²) in [6, 6.07) is 0. The summed E-state index contributed by atoms with van der Waals surface area (Å²) in [7, 11) is 0. The molecule has 0 aromatic heterocycles. The predicted octanol–water partition coefficient (Wildman–Crippen LogP) is 0.708. The van der Waals surface area contributed by atoms with Gasteiger partial charge in [-0.1, -0.05) is 0 Å². The number of alkyl halides is 2. The van der Waals surface area contributed by atoms with E-state index < -0.39 is 6.43 Å². The van der Waals surface area contributed by atoms with Gasteiger partial charge in [0, 0.05) is 13.1 Å². The summed E-state index contributed by atoms with van der Waals surface area (Å²) < 4.78 is 23.6. The van der Waals surface area contributed by atoms with Crippen LogP contribution in [0, 0.1) is 0 Å². The lowest BCUT2D eigenvalue weighted by molar-refractivity contribution is 0.0396. The summed E-state index contributed by atoms with van der Waals surface area (Å²) in [5, 5.41) is 9.05. The highest BCUT2D eigenvalue weighted by molar-refractivity contribution is 4.71. The number of likely N-dealkylation sites (tertiary alicyclic amines) is 1. The van der Waals surface area contributed by atoms with Gasteiger partial charge in [-0.15, -0.1) is 0 Å². The molecule has 0 saturated carbocycles. The molecule has 1 heterocycles. The second-order valence-electron chi connectivity index (χ2n) is 2.92. The Bertz CT molecular complexity index is 113. The third-order valence-corrected chi connectivity index (χ3v) is 1.95. The van der Waals surface area contributed by atoms with Gasteiger partial charge in [0.1, 0.15) is 0 Å². The lowest BCUT2D eigenvalue weighted by atomic mass is 10.1. The Balaban J connectivity index is 2.17. The van der Waals surface area contributed by atoms with Crippen molar-refractivity contribution in [2.24, 2.45) is 0 Å². The fourth-order valence-electron chi connectivity index (χ4n) is 1.30. The Morgan fingerprint density at radius 2 is 1.91 bits per heavy atom. The number of aliphatic hydroxyl groups excluding tert-OH is 1. The molecule has 1 fully saturated rings. The summed E-state index contributed by atoms with van der Waals surface area (Å²) >= 11 is 0. The molecular weight excluding hydrogens is 152 g/mol. The first-order chi connectivity index (χ1) is 5.18. The number of hydrogen-bond acceptors (Lipinski definition) is 2. The van der Waals surface area contributed by atoms with E-state index in [1.807, 2.05) is 0 Å². The molecule has 0 radical (unpaired) electrons. The van der Waals surface area contributed by atoms with Crippen molar-refractivity contribution in [2.75, 3.05) is 19.6 Å². The first-order valence-electron chi connectivity index (χ1n) is 3.87. The van der Waals surface area contributed by atoms with Gasteiger partial charge in [0.2, 0.25) is 0 Å². The van der Waals surface area contributed by atoms with Crippen molar-refractivity contribution < 1.29 is 13.9 Å². The second kappa shape index (κ2) is 3.97. The fourth-order valence-corrected chi connectivity index (χ4v) is 1.30. The van der Waals surface area contributed by atoms with Crippen LogP contribution in [0.5, 0.6) is 0 Å². The number of rotatable bonds is 2. The zero-order valence-electron chi connectivity index (χ0n) is 6.34. The van der Waals surface area contributed by atoms with Gasteiger partial charge < -0.3 is 5.11 Å². The van der Waals surface area contributed by atoms with Crippen molar-refractivity contribution >= 4 is 0 Å². The summed E-state index contributed by atoms with van der Waals surface area (Å²) in [6.45, 7) is 1.06. The molecule has 0 aliphatic carbocycles. The average molecular weight is 165 g/mol. The molecule has 0 aromatic carbocycles. The van der Waals surface area contributed by atoms with Crippen LogP contribution in [0.1, 0.15) is 12.8 Å². The lowest BCUT2D eigenvalue weighted by Crippen LogP contribution is -2.38. The minimum Gasteiger partial charge on any atom is -0.393 e. The maximum Gasteiger partial charge on any atom is 0.251 e. The van der Waals surface area contributed by atoms with Crippen LogP contribution in [0.2, 0.25) is 0 Å². The third kappa shape index (κ3) is 3.12. The van der Waals surface area contributed by atoms with Gasteiger partial charge in [-0.05, 0) is 12.8 Å². The van der Waals surface area contributed by atoms with Crippen molar-refractivity contribution in [3.63, 3.8) is 0 Å². The van der Waals surface area contributed by atoms with E-state index in [1.54, 1.807) is 4.90 Å². The van der Waals surface area contributed by atoms with Crippen molar-refractivity contribution in [3.8, 4) is 0 Å². The summed E-state index contributed by atoms with van der Waals surface area (Å²) in [5.74, 6) is 0. The largest absolute Gasteiger partial charge is 0.393 e. The van der Waals surface area contributed by atoms with E-state index in [1.165, 1.54) is 0 Å². The molecule has 2 nitrogen and oxygen atoms in total. The van der Waals surface area contributed by atoms with Gasteiger partial charge in [0.05, 0.1) is 12.6 Å². The molecule has 1 saturated heterocycles. The van der Waals surface area contributed by atoms with Crippen LogP contribution in [0.15, 0.2) is 0 Å². The van der Waals surface area contributed by atoms with E-state index in [9.17, 15) is 8.78 Å². The molecule has 1 aliphatic rings. The third-order valence-electron chi connectivity index (χ3n) is 1.95.